The Bertz CT molecular complexity index is 687. The standard InChI is InChI=1S/C19H24FNO6/c1-26-17-4-2-13(10-15(17)20)16(22)3-5-18(23)21-11-14(19(24)25)12-6-8-27-9-7-12/h2,4,10,12,14H,3,5-9,11H2,1H3,(H,21,23)(H,24,25). The highest BCUT2D eigenvalue weighted by Crippen LogP contribution is 2.24. The van der Waals surface area contributed by atoms with Crippen LogP contribution in [0.15, 0.2) is 18.2 Å². The highest BCUT2D eigenvalue weighted by atomic mass is 19.1. The maximum Gasteiger partial charge on any atom is 0.308 e. The van der Waals surface area contributed by atoms with Gasteiger partial charge in [-0.05, 0) is 37.0 Å². The molecule has 1 unspecified atom stereocenters. The van der Waals surface area contributed by atoms with E-state index < -0.39 is 23.6 Å². The number of aliphatic carboxylic acids is 1. The molecule has 1 atom stereocenters. The average Bonchev–Trinajstić information content (AvgIpc) is 2.66. The van der Waals surface area contributed by atoms with E-state index in [4.69, 9.17) is 9.47 Å². The maximum absolute atomic E-state index is 13.7. The highest BCUT2D eigenvalue weighted by molar-refractivity contribution is 5.98. The zero-order valence-electron chi connectivity index (χ0n) is 15.2. The van der Waals surface area contributed by atoms with Gasteiger partial charge in [-0.25, -0.2) is 4.39 Å². The van der Waals surface area contributed by atoms with Crippen LogP contribution in [-0.4, -0.2) is 49.6 Å². The van der Waals surface area contributed by atoms with E-state index in [0.29, 0.717) is 26.1 Å². The van der Waals surface area contributed by atoms with Crippen molar-refractivity contribution >= 4 is 17.7 Å². The highest BCUT2D eigenvalue weighted by Gasteiger charge is 2.30. The van der Waals surface area contributed by atoms with Crippen LogP contribution in [0.5, 0.6) is 5.75 Å². The SMILES string of the molecule is COc1ccc(C(=O)CCC(=O)NCC(C(=O)O)C2CCOCC2)cc1F. The number of carbonyl (C=O) groups is 3. The summed E-state index contributed by atoms with van der Waals surface area (Å²) in [7, 11) is 1.33. The van der Waals surface area contributed by atoms with E-state index >= 15 is 0 Å². The Hall–Kier alpha value is -2.48. The Kier molecular flexibility index (Phi) is 7.72. The van der Waals surface area contributed by atoms with Gasteiger partial charge in [-0.2, -0.15) is 0 Å². The minimum Gasteiger partial charge on any atom is -0.494 e. The van der Waals surface area contributed by atoms with Gasteiger partial charge in [0.15, 0.2) is 17.3 Å². The van der Waals surface area contributed by atoms with Gasteiger partial charge in [0.25, 0.3) is 0 Å². The summed E-state index contributed by atoms with van der Waals surface area (Å²) in [5.74, 6) is -3.05. The summed E-state index contributed by atoms with van der Waals surface area (Å²) in [6, 6.07) is 3.87. The lowest BCUT2D eigenvalue weighted by Crippen LogP contribution is -2.39. The van der Waals surface area contributed by atoms with Crippen molar-refractivity contribution in [2.45, 2.75) is 25.7 Å². The lowest BCUT2D eigenvalue weighted by molar-refractivity contribution is -0.145. The van der Waals surface area contributed by atoms with Crippen LogP contribution in [0, 0.1) is 17.7 Å². The van der Waals surface area contributed by atoms with Crippen LogP contribution in [0.3, 0.4) is 0 Å². The monoisotopic (exact) mass is 381 g/mol. The van der Waals surface area contributed by atoms with Crippen molar-refractivity contribution in [3.8, 4) is 5.75 Å². The van der Waals surface area contributed by atoms with Crippen molar-refractivity contribution in [1.82, 2.24) is 5.32 Å². The number of halogens is 1. The molecule has 0 aromatic heterocycles. The fourth-order valence-electron chi connectivity index (χ4n) is 3.10. The summed E-state index contributed by atoms with van der Waals surface area (Å²) < 4.78 is 23.7. The number of hydrogen-bond acceptors (Lipinski definition) is 5. The summed E-state index contributed by atoms with van der Waals surface area (Å²) >= 11 is 0. The molecule has 8 heteroatoms. The first kappa shape index (κ1) is 20.8. The zero-order valence-corrected chi connectivity index (χ0v) is 15.2. The molecule has 0 aliphatic carbocycles. The molecule has 27 heavy (non-hydrogen) atoms. The molecule has 7 nitrogen and oxygen atoms in total. The number of rotatable bonds is 9. The van der Waals surface area contributed by atoms with Gasteiger partial charge in [0.2, 0.25) is 5.91 Å². The van der Waals surface area contributed by atoms with Crippen molar-refractivity contribution in [2.24, 2.45) is 11.8 Å². The summed E-state index contributed by atoms with van der Waals surface area (Å²) in [5.41, 5.74) is 0.159. The number of Topliss-reactive ketones (excluding diaryl/α,β-unsaturated/α-hetero) is 1. The van der Waals surface area contributed by atoms with Gasteiger partial charge in [-0.15, -0.1) is 0 Å². The number of carboxylic acids is 1. The molecule has 1 aromatic rings. The fraction of sp³-hybridized carbons (Fsp3) is 0.526. The van der Waals surface area contributed by atoms with Crippen LogP contribution in [0.2, 0.25) is 0 Å². The first-order valence-electron chi connectivity index (χ1n) is 8.86. The van der Waals surface area contributed by atoms with Crippen molar-refractivity contribution < 1.29 is 33.4 Å². The number of ether oxygens (including phenoxy) is 2. The molecule has 2 N–H and O–H groups in total. The third kappa shape index (κ3) is 6.02. The Morgan fingerprint density at radius 2 is 2.00 bits per heavy atom. The van der Waals surface area contributed by atoms with Gasteiger partial charge >= 0.3 is 5.97 Å². The minimum absolute atomic E-state index is 0.0180. The molecule has 0 radical (unpaired) electrons. The van der Waals surface area contributed by atoms with Crippen LogP contribution >= 0.6 is 0 Å². The molecule has 1 amide bonds. The van der Waals surface area contributed by atoms with Crippen LogP contribution in [0.4, 0.5) is 4.39 Å². The van der Waals surface area contributed by atoms with Crippen LogP contribution < -0.4 is 10.1 Å². The third-order valence-corrected chi connectivity index (χ3v) is 4.72. The molecule has 0 bridgehead atoms. The van der Waals surface area contributed by atoms with Gasteiger partial charge in [0.1, 0.15) is 0 Å². The predicted octanol–water partition coefficient (Wildman–Crippen LogP) is 2.04. The topological polar surface area (TPSA) is 102 Å². The molecule has 1 fully saturated rings. The van der Waals surface area contributed by atoms with Crippen molar-refractivity contribution in [3.05, 3.63) is 29.6 Å². The first-order valence-corrected chi connectivity index (χ1v) is 8.86. The predicted molar refractivity (Wildman–Crippen MR) is 94.2 cm³/mol. The number of methoxy groups -OCH3 is 1. The molecule has 2 rings (SSSR count). The first-order chi connectivity index (χ1) is 12.9. The lowest BCUT2D eigenvalue weighted by Gasteiger charge is -2.27. The Labute approximate surface area is 156 Å². The van der Waals surface area contributed by atoms with E-state index in [0.717, 1.165) is 6.07 Å². The number of ketones is 1. The smallest absolute Gasteiger partial charge is 0.308 e. The second kappa shape index (κ2) is 10.0. The average molecular weight is 381 g/mol. The van der Waals surface area contributed by atoms with Crippen molar-refractivity contribution in [2.75, 3.05) is 26.9 Å². The van der Waals surface area contributed by atoms with Gasteiger partial charge in [-0.1, -0.05) is 0 Å². The third-order valence-electron chi connectivity index (χ3n) is 4.72. The summed E-state index contributed by atoms with van der Waals surface area (Å²) in [5, 5.41) is 12.0. The number of nitrogens with one attached hydrogen (secondary N) is 1. The van der Waals surface area contributed by atoms with E-state index in [1.165, 1.54) is 19.2 Å². The Morgan fingerprint density at radius 3 is 2.59 bits per heavy atom. The second-order valence-electron chi connectivity index (χ2n) is 6.47. The van der Waals surface area contributed by atoms with Crippen LogP contribution in [0.1, 0.15) is 36.0 Å². The largest absolute Gasteiger partial charge is 0.494 e. The van der Waals surface area contributed by atoms with Crippen molar-refractivity contribution in [1.29, 1.82) is 0 Å². The number of hydrogen-bond donors (Lipinski definition) is 2. The molecule has 0 spiro atoms. The van der Waals surface area contributed by atoms with E-state index in [2.05, 4.69) is 5.32 Å². The maximum atomic E-state index is 13.7. The molecule has 148 valence electrons. The van der Waals surface area contributed by atoms with E-state index in [1.54, 1.807) is 0 Å². The summed E-state index contributed by atoms with van der Waals surface area (Å²) in [4.78, 5) is 35.5. The Balaban J connectivity index is 1.81. The molecule has 1 aliphatic rings. The van der Waals surface area contributed by atoms with Gasteiger partial charge in [0, 0.05) is 38.2 Å². The number of carbonyl (C=O) groups excluding carboxylic acids is 2. The van der Waals surface area contributed by atoms with E-state index in [-0.39, 0.29) is 42.4 Å². The lowest BCUT2D eigenvalue weighted by atomic mass is 9.86. The van der Waals surface area contributed by atoms with E-state index in [9.17, 15) is 23.9 Å². The van der Waals surface area contributed by atoms with E-state index in [1.807, 2.05) is 0 Å². The molecule has 1 saturated heterocycles. The van der Waals surface area contributed by atoms with Crippen LogP contribution in [-0.2, 0) is 14.3 Å². The van der Waals surface area contributed by atoms with Gasteiger partial charge in [0.05, 0.1) is 13.0 Å². The molecule has 1 aromatic carbocycles. The second-order valence-corrected chi connectivity index (χ2v) is 6.47. The summed E-state index contributed by atoms with van der Waals surface area (Å²) in [6.07, 6.45) is 1.11. The molecule has 0 saturated carbocycles. The minimum atomic E-state index is -0.952. The normalized spacial score (nSPS) is 15.8. The molecular weight excluding hydrogens is 357 g/mol. The van der Waals surface area contributed by atoms with Crippen LogP contribution in [0.25, 0.3) is 0 Å². The number of amides is 1. The summed E-state index contributed by atoms with van der Waals surface area (Å²) in [6.45, 7) is 1.06. The Morgan fingerprint density at radius 1 is 1.30 bits per heavy atom. The van der Waals surface area contributed by atoms with Crippen molar-refractivity contribution in [3.63, 3.8) is 0 Å². The zero-order chi connectivity index (χ0) is 19.8. The fourth-order valence-corrected chi connectivity index (χ4v) is 3.10. The number of carboxylic acid groups (broad SMARTS) is 1. The van der Waals surface area contributed by atoms with Gasteiger partial charge < -0.3 is 19.9 Å². The number of benzene rings is 1. The molecule has 1 heterocycles. The molecular formula is C19H24FNO6. The molecule has 1 aliphatic heterocycles. The quantitative estimate of drug-likeness (QED) is 0.635. The van der Waals surface area contributed by atoms with Gasteiger partial charge in [-0.3, -0.25) is 14.4 Å².